The molecule has 0 fully saturated rings. The Kier molecular flexibility index (Phi) is 4.56. The fourth-order valence-electron chi connectivity index (χ4n) is 3.12. The van der Waals surface area contributed by atoms with Crippen LogP contribution in [0.15, 0.2) is 12.1 Å². The molecule has 1 atom stereocenters. The lowest BCUT2D eigenvalue weighted by Crippen LogP contribution is -2.12. The van der Waals surface area contributed by atoms with Crippen LogP contribution in [0.4, 0.5) is 5.13 Å². The molecule has 2 heterocycles. The molecule has 1 aromatic heterocycles. The number of thiazole rings is 1. The highest BCUT2D eigenvalue weighted by Crippen LogP contribution is 2.38. The number of hydrogen-bond donors (Lipinski definition) is 1. The highest BCUT2D eigenvalue weighted by molar-refractivity contribution is 7.15. The van der Waals surface area contributed by atoms with E-state index in [9.17, 15) is 4.79 Å². The summed E-state index contributed by atoms with van der Waals surface area (Å²) in [5.41, 5.74) is 1.56. The van der Waals surface area contributed by atoms with Crippen LogP contribution < -0.4 is 14.8 Å². The third kappa shape index (κ3) is 3.46. The van der Waals surface area contributed by atoms with Gasteiger partial charge in [0.25, 0.3) is 5.91 Å². The Morgan fingerprint density at radius 3 is 3.08 bits per heavy atom. The number of carbonyl (C=O) groups excluding carboxylic acids is 1. The van der Waals surface area contributed by atoms with Gasteiger partial charge in [0, 0.05) is 16.9 Å². The summed E-state index contributed by atoms with van der Waals surface area (Å²) < 4.78 is 11.2. The maximum atomic E-state index is 12.6. The molecule has 0 bridgehead atoms. The standard InChI is InChI=1S/C18H19ClN2O3S/c1-10-3-4-13-15(7-10)25-18(20-13)21-17(22)11-8-12(19)16-14(9-11)23-5-2-6-24-16/h8-10H,2-7H2,1H3,(H,20,21,22)/t10-/m0/s1. The van der Waals surface area contributed by atoms with Gasteiger partial charge in [0.2, 0.25) is 0 Å². The quantitative estimate of drug-likeness (QED) is 0.844. The molecular weight excluding hydrogens is 360 g/mol. The summed E-state index contributed by atoms with van der Waals surface area (Å²) in [6.07, 6.45) is 3.97. The molecule has 0 unspecified atom stereocenters. The molecule has 2 aliphatic rings. The van der Waals surface area contributed by atoms with E-state index < -0.39 is 0 Å². The average molecular weight is 379 g/mol. The Bertz CT molecular complexity index is 821. The fourth-order valence-corrected chi connectivity index (χ4v) is 4.56. The van der Waals surface area contributed by atoms with Gasteiger partial charge in [-0.25, -0.2) is 4.98 Å². The number of carbonyl (C=O) groups is 1. The third-order valence-electron chi connectivity index (χ3n) is 4.47. The molecule has 1 amide bonds. The van der Waals surface area contributed by atoms with Gasteiger partial charge >= 0.3 is 0 Å². The summed E-state index contributed by atoms with van der Waals surface area (Å²) in [7, 11) is 0. The first kappa shape index (κ1) is 16.7. The lowest BCUT2D eigenvalue weighted by atomic mass is 9.93. The molecule has 2 aromatic rings. The molecule has 0 saturated heterocycles. The molecule has 0 saturated carbocycles. The number of hydrogen-bond acceptors (Lipinski definition) is 5. The van der Waals surface area contributed by atoms with E-state index in [2.05, 4.69) is 17.2 Å². The number of benzene rings is 1. The number of nitrogens with one attached hydrogen (secondary N) is 1. The molecule has 132 valence electrons. The van der Waals surface area contributed by atoms with E-state index in [0.29, 0.717) is 46.3 Å². The molecule has 25 heavy (non-hydrogen) atoms. The Morgan fingerprint density at radius 2 is 2.20 bits per heavy atom. The van der Waals surface area contributed by atoms with Crippen molar-refractivity contribution in [1.29, 1.82) is 0 Å². The molecule has 4 rings (SSSR count). The van der Waals surface area contributed by atoms with Crippen LogP contribution in [0.3, 0.4) is 0 Å². The van der Waals surface area contributed by atoms with Crippen LogP contribution in [0, 0.1) is 5.92 Å². The monoisotopic (exact) mass is 378 g/mol. The summed E-state index contributed by atoms with van der Waals surface area (Å²) in [6, 6.07) is 3.29. The number of rotatable bonds is 2. The Hall–Kier alpha value is -1.79. The molecule has 7 heteroatoms. The second-order valence-corrected chi connectivity index (χ2v) is 8.02. The Morgan fingerprint density at radius 1 is 1.36 bits per heavy atom. The minimum absolute atomic E-state index is 0.239. The van der Waals surface area contributed by atoms with Crippen molar-refractivity contribution in [3.8, 4) is 11.5 Å². The van der Waals surface area contributed by atoms with Gasteiger partial charge in [0.05, 0.1) is 23.9 Å². The van der Waals surface area contributed by atoms with E-state index >= 15 is 0 Å². The van der Waals surface area contributed by atoms with Crippen LogP contribution in [-0.4, -0.2) is 24.1 Å². The van der Waals surface area contributed by atoms with Crippen molar-refractivity contribution in [3.05, 3.63) is 33.3 Å². The number of ether oxygens (including phenoxy) is 2. The molecule has 1 N–H and O–H groups in total. The largest absolute Gasteiger partial charge is 0.489 e. The van der Waals surface area contributed by atoms with Crippen molar-refractivity contribution in [1.82, 2.24) is 4.98 Å². The summed E-state index contributed by atoms with van der Waals surface area (Å²) in [6.45, 7) is 3.35. The Labute approximate surface area is 155 Å². The molecule has 1 aliphatic heterocycles. The first-order chi connectivity index (χ1) is 12.1. The second-order valence-electron chi connectivity index (χ2n) is 6.53. The van der Waals surface area contributed by atoms with E-state index in [0.717, 1.165) is 31.4 Å². The summed E-state index contributed by atoms with van der Waals surface area (Å²) in [5, 5.41) is 3.92. The van der Waals surface area contributed by atoms with Crippen molar-refractivity contribution >= 4 is 34.0 Å². The van der Waals surface area contributed by atoms with Crippen LogP contribution in [0.1, 0.15) is 40.7 Å². The number of nitrogens with zero attached hydrogens (tertiary/aromatic N) is 1. The predicted molar refractivity (Wildman–Crippen MR) is 98.3 cm³/mol. The van der Waals surface area contributed by atoms with Crippen LogP contribution in [0.2, 0.25) is 5.02 Å². The highest BCUT2D eigenvalue weighted by atomic mass is 35.5. The zero-order valence-electron chi connectivity index (χ0n) is 13.9. The summed E-state index contributed by atoms with van der Waals surface area (Å²) in [5.74, 6) is 1.46. The first-order valence-electron chi connectivity index (χ1n) is 8.49. The highest BCUT2D eigenvalue weighted by Gasteiger charge is 2.22. The number of aryl methyl sites for hydroxylation is 1. The van der Waals surface area contributed by atoms with E-state index in [1.165, 1.54) is 4.88 Å². The average Bonchev–Trinajstić information content (AvgIpc) is 2.81. The molecule has 1 aliphatic carbocycles. The first-order valence-corrected chi connectivity index (χ1v) is 9.68. The zero-order chi connectivity index (χ0) is 17.4. The van der Waals surface area contributed by atoms with Gasteiger partial charge in [-0.2, -0.15) is 0 Å². The van der Waals surface area contributed by atoms with E-state index in [1.807, 2.05) is 0 Å². The van der Waals surface area contributed by atoms with Crippen LogP contribution >= 0.6 is 22.9 Å². The van der Waals surface area contributed by atoms with Crippen LogP contribution in [-0.2, 0) is 12.8 Å². The van der Waals surface area contributed by atoms with Crippen molar-refractivity contribution in [2.75, 3.05) is 18.5 Å². The molecule has 0 radical (unpaired) electrons. The topological polar surface area (TPSA) is 60.5 Å². The minimum atomic E-state index is -0.239. The number of fused-ring (bicyclic) bond motifs is 2. The van der Waals surface area contributed by atoms with Crippen molar-refractivity contribution in [2.45, 2.75) is 32.6 Å². The maximum absolute atomic E-state index is 12.6. The van der Waals surface area contributed by atoms with E-state index in [1.54, 1.807) is 23.5 Å². The van der Waals surface area contributed by atoms with Gasteiger partial charge in [-0.15, -0.1) is 11.3 Å². The maximum Gasteiger partial charge on any atom is 0.257 e. The lowest BCUT2D eigenvalue weighted by Gasteiger charge is -2.15. The van der Waals surface area contributed by atoms with Crippen molar-refractivity contribution in [2.24, 2.45) is 5.92 Å². The fraction of sp³-hybridized carbons (Fsp3) is 0.444. The van der Waals surface area contributed by atoms with Crippen LogP contribution in [0.25, 0.3) is 0 Å². The predicted octanol–water partition coefficient (Wildman–Crippen LogP) is 4.33. The Balaban J connectivity index is 1.55. The minimum Gasteiger partial charge on any atom is -0.489 e. The van der Waals surface area contributed by atoms with Crippen molar-refractivity contribution in [3.63, 3.8) is 0 Å². The van der Waals surface area contributed by atoms with Gasteiger partial charge in [-0.05, 0) is 37.3 Å². The number of anilines is 1. The molecule has 0 spiro atoms. The smallest absolute Gasteiger partial charge is 0.257 e. The third-order valence-corrected chi connectivity index (χ3v) is 5.79. The molecule has 1 aromatic carbocycles. The molecule has 5 nitrogen and oxygen atoms in total. The summed E-state index contributed by atoms with van der Waals surface area (Å²) >= 11 is 7.83. The second kappa shape index (κ2) is 6.84. The van der Waals surface area contributed by atoms with Gasteiger partial charge in [0.1, 0.15) is 0 Å². The number of aromatic nitrogens is 1. The number of halogens is 1. The summed E-state index contributed by atoms with van der Waals surface area (Å²) in [4.78, 5) is 18.5. The van der Waals surface area contributed by atoms with Crippen molar-refractivity contribution < 1.29 is 14.3 Å². The van der Waals surface area contributed by atoms with Gasteiger partial charge < -0.3 is 9.47 Å². The normalized spacial score (nSPS) is 19.0. The molecular formula is C18H19ClN2O3S. The van der Waals surface area contributed by atoms with Gasteiger partial charge in [0.15, 0.2) is 16.6 Å². The van der Waals surface area contributed by atoms with Crippen LogP contribution in [0.5, 0.6) is 11.5 Å². The zero-order valence-corrected chi connectivity index (χ0v) is 15.5. The van der Waals surface area contributed by atoms with Gasteiger partial charge in [-0.3, -0.25) is 10.1 Å². The lowest BCUT2D eigenvalue weighted by molar-refractivity contribution is 0.102. The SMILES string of the molecule is C[C@H]1CCc2nc(NC(=O)c3cc(Cl)c4c(c3)OCCCO4)sc2C1. The van der Waals surface area contributed by atoms with Gasteiger partial charge in [-0.1, -0.05) is 18.5 Å². The van der Waals surface area contributed by atoms with E-state index in [4.69, 9.17) is 21.1 Å². The van der Waals surface area contributed by atoms with E-state index in [-0.39, 0.29) is 5.91 Å². The number of amides is 1.